The van der Waals surface area contributed by atoms with Crippen molar-refractivity contribution in [3.05, 3.63) is 485 Å². The molecule has 126 heavy (non-hydrogen) atoms. The van der Waals surface area contributed by atoms with Gasteiger partial charge in [-0.15, -0.1) is 0 Å². The summed E-state index contributed by atoms with van der Waals surface area (Å²) >= 11 is 0. The summed E-state index contributed by atoms with van der Waals surface area (Å²) in [6, 6.07) is 174. The van der Waals surface area contributed by atoms with Crippen molar-refractivity contribution >= 4 is 122 Å². The zero-order chi connectivity index (χ0) is 83.4. The van der Waals surface area contributed by atoms with Crippen LogP contribution in [0.1, 0.15) is 0 Å². The third-order valence-corrected chi connectivity index (χ3v) is 24.9. The summed E-state index contributed by atoms with van der Waals surface area (Å²) in [7, 11) is 0. The van der Waals surface area contributed by atoms with Gasteiger partial charge in [0, 0.05) is 94.2 Å². The molecule has 20 aromatic carbocycles. The average Bonchev–Trinajstić information content (AvgIpc) is 1.59. The van der Waals surface area contributed by atoms with E-state index >= 15 is 0 Å². The fraction of sp³-hybridized carbons (Fsp3) is 0. The lowest BCUT2D eigenvalue weighted by atomic mass is 9.98. The maximum absolute atomic E-state index is 6.37. The van der Waals surface area contributed by atoms with Gasteiger partial charge in [-0.2, -0.15) is 0 Å². The van der Waals surface area contributed by atoms with Crippen LogP contribution in [0.4, 0.5) is 34.1 Å². The highest BCUT2D eigenvalue weighted by Gasteiger charge is 2.22. The Morgan fingerprint density at radius 1 is 0.151 bits per heavy atom. The van der Waals surface area contributed by atoms with E-state index in [0.29, 0.717) is 0 Å². The van der Waals surface area contributed by atoms with Gasteiger partial charge in [0.2, 0.25) is 0 Å². The fourth-order valence-corrected chi connectivity index (χ4v) is 18.6. The van der Waals surface area contributed by atoms with Crippen LogP contribution < -0.4 is 9.80 Å². The predicted molar refractivity (Wildman–Crippen MR) is 529 cm³/mol. The van der Waals surface area contributed by atoms with E-state index in [-0.39, 0.29) is 0 Å². The van der Waals surface area contributed by atoms with Crippen molar-refractivity contribution in [1.29, 1.82) is 0 Å². The summed E-state index contributed by atoms with van der Waals surface area (Å²) in [5, 5.41) is 9.56. The topological polar surface area (TPSA) is 42.6 Å². The molecule has 24 rings (SSSR count). The lowest BCUT2D eigenvalue weighted by molar-refractivity contribution is 0.669. The molecule has 0 atom stereocenters. The zero-order valence-electron chi connectivity index (χ0n) is 68.8. The first-order chi connectivity index (χ1) is 62.4. The molecule has 0 bridgehead atoms. The van der Waals surface area contributed by atoms with Crippen LogP contribution in [0, 0.1) is 0 Å². The van der Waals surface area contributed by atoms with Gasteiger partial charge in [0.25, 0.3) is 0 Å². The fourth-order valence-electron chi connectivity index (χ4n) is 18.6. The van der Waals surface area contributed by atoms with E-state index < -0.39 is 0 Å². The van der Waals surface area contributed by atoms with E-state index in [1.807, 2.05) is 24.3 Å². The molecule has 0 amide bonds. The van der Waals surface area contributed by atoms with Crippen molar-refractivity contribution < 1.29 is 8.83 Å². The molecule has 0 saturated heterocycles. The predicted octanol–water partition coefficient (Wildman–Crippen LogP) is 33.6. The normalized spacial score (nSPS) is 11.5. The molecule has 0 radical (unpaired) electrons. The van der Waals surface area contributed by atoms with Crippen LogP contribution in [0.3, 0.4) is 0 Å². The van der Waals surface area contributed by atoms with Crippen LogP contribution in [0.25, 0.3) is 188 Å². The Hall–Kier alpha value is -16.8. The quantitative estimate of drug-likeness (QED) is 0.0967. The molecule has 0 saturated carbocycles. The lowest BCUT2D eigenvalue weighted by Gasteiger charge is -2.26. The highest BCUT2D eigenvalue weighted by atomic mass is 16.3. The van der Waals surface area contributed by atoms with Crippen LogP contribution in [-0.2, 0) is 0 Å². The third-order valence-electron chi connectivity index (χ3n) is 24.9. The third kappa shape index (κ3) is 13.8. The Kier molecular flexibility index (Phi) is 18.8. The number of nitrogens with zero attached hydrogens (tertiary/aromatic N) is 4. The number of hydrogen-bond donors (Lipinski definition) is 0. The molecular weight excluding hydrogens is 1530 g/mol. The second-order valence-corrected chi connectivity index (χ2v) is 32.3. The Bertz CT molecular complexity index is 8010. The number of benzene rings is 20. The molecule has 592 valence electrons. The van der Waals surface area contributed by atoms with Gasteiger partial charge >= 0.3 is 0 Å². The maximum atomic E-state index is 6.37. The van der Waals surface area contributed by atoms with Gasteiger partial charge in [-0.05, 0) is 217 Å². The highest BCUT2D eigenvalue weighted by Crippen LogP contribution is 2.45. The van der Waals surface area contributed by atoms with Gasteiger partial charge in [0.1, 0.15) is 22.3 Å². The Labute approximate surface area is 730 Å². The summed E-state index contributed by atoms with van der Waals surface area (Å²) < 4.78 is 17.2. The average molecular weight is 1610 g/mol. The number of rotatable bonds is 16. The Morgan fingerprint density at radius 2 is 0.413 bits per heavy atom. The van der Waals surface area contributed by atoms with E-state index in [1.165, 1.54) is 105 Å². The molecule has 6 nitrogen and oxygen atoms in total. The van der Waals surface area contributed by atoms with Crippen molar-refractivity contribution in [1.82, 2.24) is 9.13 Å². The number of fused-ring (bicyclic) bond motifs is 12. The Morgan fingerprint density at radius 3 is 0.786 bits per heavy atom. The summed E-state index contributed by atoms with van der Waals surface area (Å²) in [4.78, 5) is 4.72. The first-order valence-electron chi connectivity index (χ1n) is 43.0. The van der Waals surface area contributed by atoms with Gasteiger partial charge in [0.05, 0.1) is 22.1 Å². The van der Waals surface area contributed by atoms with E-state index in [4.69, 9.17) is 8.83 Å². The van der Waals surface area contributed by atoms with Gasteiger partial charge < -0.3 is 27.8 Å². The van der Waals surface area contributed by atoms with Gasteiger partial charge in [-0.25, -0.2) is 0 Å². The molecule has 4 aromatic heterocycles. The lowest BCUT2D eigenvalue weighted by Crippen LogP contribution is -2.10. The molecule has 4 heterocycles. The van der Waals surface area contributed by atoms with Crippen LogP contribution in [0.5, 0.6) is 0 Å². The summed E-state index contributed by atoms with van der Waals surface area (Å²) in [6.07, 6.45) is 0. The van der Waals surface area contributed by atoms with E-state index in [2.05, 4.69) is 480 Å². The molecular formula is C120H80N4O2. The second-order valence-electron chi connectivity index (χ2n) is 32.3. The number of furan rings is 2. The minimum absolute atomic E-state index is 0.911. The van der Waals surface area contributed by atoms with Crippen molar-refractivity contribution in [2.24, 2.45) is 0 Å². The molecule has 0 fully saturated rings. The summed E-state index contributed by atoms with van der Waals surface area (Å²) in [6.45, 7) is 0. The van der Waals surface area contributed by atoms with Crippen LogP contribution in [0.15, 0.2) is 494 Å². The van der Waals surface area contributed by atoms with Crippen LogP contribution >= 0.6 is 0 Å². The first kappa shape index (κ1) is 74.3. The number of hydrogen-bond acceptors (Lipinski definition) is 4. The SMILES string of the molecule is c1ccc(-c2ccc(-c3ccc(N(c4ccc(-c5ccc(-c6ccc7oc8ccccc8c7c6)cc5)cc4)c4cccc(-n5c6ccccc6c6ccccc65)c4)cc3)cc2)cc1.c1ccc(-c2ccc(-c3ccc(N(c4ccc(-c5ccc(-c6cccc7c6oc6ccccc67)cc5)cc4)c4cccc(-n5c6ccccc6c6ccccc65)c4)cc3)cc2)cc1. The van der Waals surface area contributed by atoms with Crippen LogP contribution in [-0.4, -0.2) is 9.13 Å². The molecule has 0 N–H and O–H groups in total. The molecule has 0 aliphatic carbocycles. The molecule has 0 aliphatic rings. The standard InChI is InChI=1S/2C60H40N2O/c1-2-12-41(13-3-1)42-24-26-43(27-25-42)45-32-36-48(37-33-45)61(50-14-10-15-51(40-50)62-57-21-7-4-16-53(57)54-17-5-8-22-58(54)62)49-38-34-46(35-39-49)44-28-30-47(31-29-44)52-19-11-20-56-55-18-6-9-23-59(55)63-60(52)56;1-2-11-41(12-3-1)42-21-23-43(24-22-42)45-29-34-49(35-30-45)61(51-13-10-14-52(40-51)62-57-18-7-4-15-53(57)54-16-5-8-19-58(54)62)50-36-31-46(32-37-50)44-25-27-47(28-26-44)48-33-38-60-56(39-48)55-17-6-9-20-59(55)63-60/h2*1-40H. The summed E-state index contributed by atoms with van der Waals surface area (Å²) in [5.74, 6) is 0. The molecule has 24 aromatic rings. The molecule has 0 unspecified atom stereocenters. The van der Waals surface area contributed by atoms with E-state index in [0.717, 1.165) is 117 Å². The molecule has 6 heteroatoms. The van der Waals surface area contributed by atoms with E-state index in [9.17, 15) is 0 Å². The van der Waals surface area contributed by atoms with Crippen molar-refractivity contribution in [3.63, 3.8) is 0 Å². The van der Waals surface area contributed by atoms with Crippen molar-refractivity contribution in [2.45, 2.75) is 0 Å². The largest absolute Gasteiger partial charge is 0.456 e. The monoisotopic (exact) mass is 1610 g/mol. The zero-order valence-corrected chi connectivity index (χ0v) is 68.8. The van der Waals surface area contributed by atoms with Gasteiger partial charge in [0.15, 0.2) is 0 Å². The smallest absolute Gasteiger partial charge is 0.143 e. The maximum Gasteiger partial charge on any atom is 0.143 e. The van der Waals surface area contributed by atoms with E-state index in [1.54, 1.807) is 0 Å². The number of aromatic nitrogens is 2. The number of para-hydroxylation sites is 7. The van der Waals surface area contributed by atoms with Gasteiger partial charge in [-0.3, -0.25) is 0 Å². The number of anilines is 6. The molecule has 0 aliphatic heterocycles. The first-order valence-corrected chi connectivity index (χ1v) is 43.0. The Balaban J connectivity index is 0.000000145. The summed E-state index contributed by atoms with van der Waals surface area (Å²) in [5.41, 5.74) is 35.9. The van der Waals surface area contributed by atoms with Crippen molar-refractivity contribution in [3.8, 4) is 100 Å². The highest BCUT2D eigenvalue weighted by molar-refractivity contribution is 6.12. The second kappa shape index (κ2) is 32.0. The van der Waals surface area contributed by atoms with Gasteiger partial charge in [-0.1, -0.05) is 352 Å². The van der Waals surface area contributed by atoms with Crippen molar-refractivity contribution in [2.75, 3.05) is 9.80 Å². The minimum Gasteiger partial charge on any atom is -0.456 e. The van der Waals surface area contributed by atoms with Crippen LogP contribution in [0.2, 0.25) is 0 Å². The minimum atomic E-state index is 0.911. The molecule has 0 spiro atoms.